The smallest absolute Gasteiger partial charge is 0.0337 e. The van der Waals surface area contributed by atoms with Crippen molar-refractivity contribution in [3.63, 3.8) is 0 Å². The Morgan fingerprint density at radius 2 is 1.79 bits per heavy atom. The summed E-state index contributed by atoms with van der Waals surface area (Å²) in [4.78, 5) is 0. The molecule has 0 heterocycles. The molecule has 0 aliphatic heterocycles. The highest BCUT2D eigenvalue weighted by Crippen LogP contribution is 2.39. The van der Waals surface area contributed by atoms with Crippen LogP contribution in [0, 0.1) is 23.7 Å². The van der Waals surface area contributed by atoms with E-state index in [0.29, 0.717) is 0 Å². The van der Waals surface area contributed by atoms with Crippen LogP contribution >= 0.6 is 0 Å². The molecular formula is C14H28. The first-order valence-corrected chi connectivity index (χ1v) is 6.66. The average molecular weight is 196 g/mol. The van der Waals surface area contributed by atoms with E-state index in [1.54, 1.807) is 0 Å². The van der Waals surface area contributed by atoms with Gasteiger partial charge in [0.2, 0.25) is 0 Å². The molecule has 84 valence electrons. The van der Waals surface area contributed by atoms with Crippen molar-refractivity contribution >= 4 is 0 Å². The van der Waals surface area contributed by atoms with Crippen LogP contribution in [0.25, 0.3) is 0 Å². The van der Waals surface area contributed by atoms with Crippen LogP contribution in [0.3, 0.4) is 0 Å². The van der Waals surface area contributed by atoms with E-state index in [1.165, 1.54) is 38.5 Å². The van der Waals surface area contributed by atoms with Crippen molar-refractivity contribution in [2.75, 3.05) is 0 Å². The van der Waals surface area contributed by atoms with E-state index in [0.717, 1.165) is 23.7 Å². The van der Waals surface area contributed by atoms with Gasteiger partial charge in [-0.05, 0) is 23.7 Å². The van der Waals surface area contributed by atoms with Crippen molar-refractivity contribution in [2.45, 2.75) is 66.2 Å². The lowest BCUT2D eigenvalue weighted by Crippen LogP contribution is -2.25. The van der Waals surface area contributed by atoms with E-state index in [9.17, 15) is 0 Å². The maximum Gasteiger partial charge on any atom is -0.0337 e. The second kappa shape index (κ2) is 5.78. The zero-order chi connectivity index (χ0) is 10.6. The van der Waals surface area contributed by atoms with E-state index in [2.05, 4.69) is 27.7 Å². The summed E-state index contributed by atoms with van der Waals surface area (Å²) < 4.78 is 0. The fraction of sp³-hybridized carbons (Fsp3) is 1.00. The van der Waals surface area contributed by atoms with Crippen LogP contribution < -0.4 is 0 Å². The number of hydrogen-bond acceptors (Lipinski definition) is 0. The van der Waals surface area contributed by atoms with Crippen LogP contribution in [0.15, 0.2) is 0 Å². The predicted octanol–water partition coefficient (Wildman–Crippen LogP) is 4.89. The SMILES string of the molecule is CCCC1CCCCC(C)C1C(C)C. The van der Waals surface area contributed by atoms with Crippen LogP contribution in [0.2, 0.25) is 0 Å². The first kappa shape index (κ1) is 12.1. The fourth-order valence-corrected chi connectivity index (χ4v) is 3.63. The molecule has 0 nitrogen and oxygen atoms in total. The molecule has 0 aromatic carbocycles. The topological polar surface area (TPSA) is 0 Å². The maximum absolute atomic E-state index is 2.48. The van der Waals surface area contributed by atoms with Gasteiger partial charge in [0, 0.05) is 0 Å². The van der Waals surface area contributed by atoms with Crippen molar-refractivity contribution in [1.29, 1.82) is 0 Å². The highest BCUT2D eigenvalue weighted by molar-refractivity contribution is 4.80. The van der Waals surface area contributed by atoms with E-state index in [-0.39, 0.29) is 0 Å². The molecule has 0 aromatic rings. The Balaban J connectivity index is 2.65. The molecule has 0 N–H and O–H groups in total. The third-order valence-electron chi connectivity index (χ3n) is 4.12. The number of rotatable bonds is 3. The van der Waals surface area contributed by atoms with Gasteiger partial charge >= 0.3 is 0 Å². The second-order valence-electron chi connectivity index (χ2n) is 5.63. The minimum absolute atomic E-state index is 0.889. The van der Waals surface area contributed by atoms with Gasteiger partial charge in [-0.1, -0.05) is 66.2 Å². The standard InChI is InChI=1S/C14H28/c1-5-8-13-10-7-6-9-12(4)14(13)11(2)3/h11-14H,5-10H2,1-4H3. The van der Waals surface area contributed by atoms with E-state index in [1.807, 2.05) is 0 Å². The molecule has 1 aliphatic carbocycles. The highest BCUT2D eigenvalue weighted by atomic mass is 14.4. The molecule has 0 spiro atoms. The Kier molecular flexibility index (Phi) is 4.98. The van der Waals surface area contributed by atoms with E-state index in [4.69, 9.17) is 0 Å². The molecule has 1 rings (SSSR count). The molecule has 0 bridgehead atoms. The first-order valence-electron chi connectivity index (χ1n) is 6.66. The summed E-state index contributed by atoms with van der Waals surface area (Å²) in [6, 6.07) is 0. The lowest BCUT2D eigenvalue weighted by Gasteiger charge is -2.33. The Bertz CT molecular complexity index is 148. The third kappa shape index (κ3) is 3.00. The average Bonchev–Trinajstić information content (AvgIpc) is 2.28. The Morgan fingerprint density at radius 3 is 2.36 bits per heavy atom. The van der Waals surface area contributed by atoms with Crippen LogP contribution in [-0.2, 0) is 0 Å². The van der Waals surface area contributed by atoms with Gasteiger partial charge in [-0.3, -0.25) is 0 Å². The van der Waals surface area contributed by atoms with Gasteiger partial charge in [-0.2, -0.15) is 0 Å². The normalized spacial score (nSPS) is 34.5. The molecule has 0 heteroatoms. The predicted molar refractivity (Wildman–Crippen MR) is 64.4 cm³/mol. The monoisotopic (exact) mass is 196 g/mol. The summed E-state index contributed by atoms with van der Waals surface area (Å²) in [5, 5.41) is 0. The van der Waals surface area contributed by atoms with Gasteiger partial charge in [0.05, 0.1) is 0 Å². The molecule has 1 aliphatic rings. The molecule has 0 saturated heterocycles. The Morgan fingerprint density at radius 1 is 1.14 bits per heavy atom. The summed E-state index contributed by atoms with van der Waals surface area (Å²) in [7, 11) is 0. The minimum Gasteiger partial charge on any atom is -0.0654 e. The van der Waals surface area contributed by atoms with Crippen LogP contribution in [0.5, 0.6) is 0 Å². The van der Waals surface area contributed by atoms with Crippen molar-refractivity contribution in [2.24, 2.45) is 23.7 Å². The van der Waals surface area contributed by atoms with Gasteiger partial charge < -0.3 is 0 Å². The summed E-state index contributed by atoms with van der Waals surface area (Å²) in [6.45, 7) is 9.68. The lowest BCUT2D eigenvalue weighted by molar-refractivity contribution is 0.167. The summed E-state index contributed by atoms with van der Waals surface area (Å²) in [6.07, 6.45) is 8.78. The van der Waals surface area contributed by atoms with Crippen molar-refractivity contribution in [3.8, 4) is 0 Å². The molecule has 14 heavy (non-hydrogen) atoms. The van der Waals surface area contributed by atoms with Crippen molar-refractivity contribution in [1.82, 2.24) is 0 Å². The zero-order valence-corrected chi connectivity index (χ0v) is 10.6. The molecule has 1 fully saturated rings. The first-order chi connectivity index (χ1) is 6.66. The quantitative estimate of drug-likeness (QED) is 0.564. The molecule has 1 saturated carbocycles. The second-order valence-corrected chi connectivity index (χ2v) is 5.63. The molecule has 0 radical (unpaired) electrons. The molecule has 0 aromatic heterocycles. The van der Waals surface area contributed by atoms with Crippen molar-refractivity contribution < 1.29 is 0 Å². The summed E-state index contributed by atoms with van der Waals surface area (Å²) in [5.74, 6) is 3.88. The van der Waals surface area contributed by atoms with Gasteiger partial charge in [-0.15, -0.1) is 0 Å². The molecule has 3 atom stereocenters. The Labute approximate surface area is 90.5 Å². The third-order valence-corrected chi connectivity index (χ3v) is 4.12. The largest absolute Gasteiger partial charge is 0.0654 e. The lowest BCUT2D eigenvalue weighted by atomic mass is 9.73. The summed E-state index contributed by atoms with van der Waals surface area (Å²) >= 11 is 0. The van der Waals surface area contributed by atoms with E-state index >= 15 is 0 Å². The zero-order valence-electron chi connectivity index (χ0n) is 10.6. The van der Waals surface area contributed by atoms with Crippen LogP contribution in [-0.4, -0.2) is 0 Å². The molecule has 0 amide bonds. The maximum atomic E-state index is 2.48. The highest BCUT2D eigenvalue weighted by Gasteiger charge is 2.30. The van der Waals surface area contributed by atoms with E-state index < -0.39 is 0 Å². The number of hydrogen-bond donors (Lipinski definition) is 0. The van der Waals surface area contributed by atoms with Crippen LogP contribution in [0.1, 0.15) is 66.2 Å². The van der Waals surface area contributed by atoms with Crippen molar-refractivity contribution in [3.05, 3.63) is 0 Å². The molecular weight excluding hydrogens is 168 g/mol. The van der Waals surface area contributed by atoms with Crippen LogP contribution in [0.4, 0.5) is 0 Å². The summed E-state index contributed by atoms with van der Waals surface area (Å²) in [5.41, 5.74) is 0. The van der Waals surface area contributed by atoms with Gasteiger partial charge in [0.1, 0.15) is 0 Å². The Hall–Kier alpha value is 0. The van der Waals surface area contributed by atoms with Gasteiger partial charge in [-0.25, -0.2) is 0 Å². The fourth-order valence-electron chi connectivity index (χ4n) is 3.63. The van der Waals surface area contributed by atoms with Gasteiger partial charge in [0.25, 0.3) is 0 Å². The molecule has 3 unspecified atom stereocenters. The minimum atomic E-state index is 0.889. The van der Waals surface area contributed by atoms with Gasteiger partial charge in [0.15, 0.2) is 0 Å².